The molecule has 2 N–H and O–H groups in total. The molecule has 1 fully saturated rings. The second-order valence-electron chi connectivity index (χ2n) is 7.56. The smallest absolute Gasteiger partial charge is 0.374 e. The van der Waals surface area contributed by atoms with Crippen LogP contribution in [0.4, 0.5) is 13.2 Å². The molecule has 0 radical (unpaired) electrons. The number of thiazole rings is 1. The fourth-order valence-electron chi connectivity index (χ4n) is 3.40. The average molecular weight is 456 g/mol. The summed E-state index contributed by atoms with van der Waals surface area (Å²) in [6, 6.07) is 3.60. The van der Waals surface area contributed by atoms with Crippen LogP contribution in [-0.4, -0.2) is 51.1 Å². The van der Waals surface area contributed by atoms with Gasteiger partial charge in [0.05, 0.1) is 6.42 Å². The summed E-state index contributed by atoms with van der Waals surface area (Å²) < 4.78 is 40.8. The van der Waals surface area contributed by atoms with Gasteiger partial charge in [0.1, 0.15) is 5.01 Å². The quantitative estimate of drug-likeness (QED) is 0.697. The maximum atomic E-state index is 13.6. The number of carbonyl (C=O) groups excluding carboxylic acids is 2. The van der Waals surface area contributed by atoms with E-state index in [1.165, 1.54) is 17.2 Å². The van der Waals surface area contributed by atoms with Crippen LogP contribution in [0.15, 0.2) is 29.9 Å². The Morgan fingerprint density at radius 1 is 1.32 bits per heavy atom. The predicted molar refractivity (Wildman–Crippen MR) is 107 cm³/mol. The number of pyridine rings is 1. The number of piperidine rings is 1. The van der Waals surface area contributed by atoms with Gasteiger partial charge in [0.2, 0.25) is 17.4 Å². The van der Waals surface area contributed by atoms with Gasteiger partial charge in [0.25, 0.3) is 0 Å². The number of aliphatic hydroxyl groups is 1. The fraction of sp³-hybridized carbons (Fsp3) is 0.500. The van der Waals surface area contributed by atoms with Gasteiger partial charge in [0, 0.05) is 49.0 Å². The van der Waals surface area contributed by atoms with E-state index in [-0.39, 0.29) is 24.9 Å². The molecule has 2 amide bonds. The second-order valence-corrected chi connectivity index (χ2v) is 8.42. The fourth-order valence-corrected chi connectivity index (χ4v) is 4.31. The van der Waals surface area contributed by atoms with Crippen molar-refractivity contribution in [2.24, 2.45) is 5.92 Å². The molecule has 3 rings (SSSR count). The maximum Gasteiger partial charge on any atom is 0.424 e. The van der Waals surface area contributed by atoms with Gasteiger partial charge in [-0.15, -0.1) is 11.3 Å². The standard InChI is InChI=1S/C20H23F3N4O3S/c1-13-12-31-18(26-13)19(30,20(21,22)23)9-16(28)27-7-4-15(5-8-27)17(29)25-11-14-3-2-6-24-10-14/h2-3,6,10,12,15,30H,4-5,7-9,11H2,1H3,(H,25,29). The van der Waals surface area contributed by atoms with E-state index in [9.17, 15) is 27.9 Å². The lowest BCUT2D eigenvalue weighted by molar-refractivity contribution is -0.268. The van der Waals surface area contributed by atoms with Crippen molar-refractivity contribution < 1.29 is 27.9 Å². The van der Waals surface area contributed by atoms with Crippen molar-refractivity contribution in [3.05, 3.63) is 46.2 Å². The molecule has 0 aromatic carbocycles. The number of aryl methyl sites for hydroxylation is 1. The van der Waals surface area contributed by atoms with Crippen molar-refractivity contribution in [3.63, 3.8) is 0 Å². The molecule has 168 valence electrons. The summed E-state index contributed by atoms with van der Waals surface area (Å²) in [5.41, 5.74) is -2.14. The van der Waals surface area contributed by atoms with E-state index in [0.29, 0.717) is 36.4 Å². The van der Waals surface area contributed by atoms with Crippen LogP contribution in [0.5, 0.6) is 0 Å². The van der Waals surface area contributed by atoms with Gasteiger partial charge < -0.3 is 15.3 Å². The summed E-state index contributed by atoms with van der Waals surface area (Å²) in [5.74, 6) is -1.31. The Labute approximate surface area is 181 Å². The Balaban J connectivity index is 1.56. The zero-order valence-corrected chi connectivity index (χ0v) is 17.7. The first kappa shape index (κ1) is 23.1. The molecule has 11 heteroatoms. The Morgan fingerprint density at radius 2 is 2.03 bits per heavy atom. The minimum absolute atomic E-state index is 0.147. The molecular weight excluding hydrogens is 433 g/mol. The highest BCUT2D eigenvalue weighted by atomic mass is 32.1. The summed E-state index contributed by atoms with van der Waals surface area (Å²) in [7, 11) is 0. The third kappa shape index (κ3) is 5.40. The molecule has 2 aromatic heterocycles. The van der Waals surface area contributed by atoms with E-state index in [0.717, 1.165) is 5.56 Å². The Bertz CT molecular complexity index is 914. The number of alkyl halides is 3. The zero-order valence-electron chi connectivity index (χ0n) is 16.9. The molecule has 0 aliphatic carbocycles. The summed E-state index contributed by atoms with van der Waals surface area (Å²) >= 11 is 0.671. The third-order valence-electron chi connectivity index (χ3n) is 5.26. The molecule has 0 spiro atoms. The van der Waals surface area contributed by atoms with Crippen LogP contribution in [-0.2, 0) is 21.7 Å². The minimum atomic E-state index is -5.04. The van der Waals surface area contributed by atoms with E-state index in [4.69, 9.17) is 0 Å². The van der Waals surface area contributed by atoms with Gasteiger partial charge in [0.15, 0.2) is 0 Å². The van der Waals surface area contributed by atoms with E-state index < -0.39 is 29.1 Å². The molecule has 0 saturated carbocycles. The number of rotatable bonds is 6. The molecule has 1 aliphatic rings. The van der Waals surface area contributed by atoms with Crippen LogP contribution in [0, 0.1) is 12.8 Å². The molecule has 1 atom stereocenters. The van der Waals surface area contributed by atoms with Crippen LogP contribution in [0.2, 0.25) is 0 Å². The largest absolute Gasteiger partial charge is 0.424 e. The first-order valence-electron chi connectivity index (χ1n) is 9.76. The first-order valence-corrected chi connectivity index (χ1v) is 10.6. The van der Waals surface area contributed by atoms with Crippen molar-refractivity contribution >= 4 is 23.2 Å². The first-order chi connectivity index (χ1) is 14.6. The summed E-state index contributed by atoms with van der Waals surface area (Å²) in [6.45, 7) is 2.14. The maximum absolute atomic E-state index is 13.6. The van der Waals surface area contributed by atoms with Gasteiger partial charge >= 0.3 is 6.18 Å². The van der Waals surface area contributed by atoms with Crippen LogP contribution < -0.4 is 5.32 Å². The minimum Gasteiger partial charge on any atom is -0.374 e. The molecule has 1 saturated heterocycles. The molecule has 1 unspecified atom stereocenters. The van der Waals surface area contributed by atoms with Gasteiger partial charge in [-0.3, -0.25) is 14.6 Å². The van der Waals surface area contributed by atoms with Gasteiger partial charge in [-0.1, -0.05) is 6.07 Å². The molecule has 0 bridgehead atoms. The topological polar surface area (TPSA) is 95.4 Å². The monoisotopic (exact) mass is 456 g/mol. The summed E-state index contributed by atoms with van der Waals surface area (Å²) in [4.78, 5) is 33.9. The highest BCUT2D eigenvalue weighted by Crippen LogP contribution is 2.43. The third-order valence-corrected chi connectivity index (χ3v) is 6.37. The number of nitrogens with one attached hydrogen (secondary N) is 1. The molecule has 1 aliphatic heterocycles. The number of amides is 2. The van der Waals surface area contributed by atoms with Crippen molar-refractivity contribution in [2.75, 3.05) is 13.1 Å². The number of hydrogen-bond acceptors (Lipinski definition) is 6. The van der Waals surface area contributed by atoms with E-state index in [2.05, 4.69) is 15.3 Å². The molecule has 3 heterocycles. The molecular formula is C20H23F3N4O3S. The van der Waals surface area contributed by atoms with Crippen LogP contribution in [0.3, 0.4) is 0 Å². The Kier molecular flexibility index (Phi) is 6.95. The highest BCUT2D eigenvalue weighted by molar-refractivity contribution is 7.09. The number of halogens is 3. The number of likely N-dealkylation sites (tertiary alicyclic amines) is 1. The van der Waals surface area contributed by atoms with Crippen LogP contribution in [0.1, 0.15) is 35.5 Å². The molecule has 2 aromatic rings. The number of hydrogen-bond donors (Lipinski definition) is 2. The highest BCUT2D eigenvalue weighted by Gasteiger charge is 2.58. The van der Waals surface area contributed by atoms with Crippen LogP contribution >= 0.6 is 11.3 Å². The van der Waals surface area contributed by atoms with Gasteiger partial charge in [-0.25, -0.2) is 4.98 Å². The zero-order chi connectivity index (χ0) is 22.6. The SMILES string of the molecule is Cc1csc(C(O)(CC(=O)N2CCC(C(=O)NCc3cccnc3)CC2)C(F)(F)F)n1. The lowest BCUT2D eigenvalue weighted by atomic mass is 9.93. The van der Waals surface area contributed by atoms with Crippen LogP contribution in [0.25, 0.3) is 0 Å². The van der Waals surface area contributed by atoms with Crippen molar-refractivity contribution in [2.45, 2.75) is 44.5 Å². The number of aromatic nitrogens is 2. The number of nitrogens with zero attached hydrogens (tertiary/aromatic N) is 3. The van der Waals surface area contributed by atoms with E-state index in [1.54, 1.807) is 18.5 Å². The summed E-state index contributed by atoms with van der Waals surface area (Å²) in [6.07, 6.45) is -2.23. The van der Waals surface area contributed by atoms with Crippen molar-refractivity contribution in [3.8, 4) is 0 Å². The van der Waals surface area contributed by atoms with Gasteiger partial charge in [-0.05, 0) is 31.4 Å². The average Bonchev–Trinajstić information content (AvgIpc) is 3.19. The normalized spacial score (nSPS) is 17.3. The number of carbonyl (C=O) groups is 2. The van der Waals surface area contributed by atoms with Crippen molar-refractivity contribution in [1.29, 1.82) is 0 Å². The lowest BCUT2D eigenvalue weighted by Gasteiger charge is -2.34. The Morgan fingerprint density at radius 3 is 2.58 bits per heavy atom. The predicted octanol–water partition coefficient (Wildman–Crippen LogP) is 2.54. The summed E-state index contributed by atoms with van der Waals surface area (Å²) in [5, 5.41) is 14.0. The van der Waals surface area contributed by atoms with E-state index in [1.807, 2.05) is 6.07 Å². The van der Waals surface area contributed by atoms with Crippen molar-refractivity contribution in [1.82, 2.24) is 20.2 Å². The lowest BCUT2D eigenvalue weighted by Crippen LogP contribution is -2.49. The van der Waals surface area contributed by atoms with Gasteiger partial charge in [-0.2, -0.15) is 13.2 Å². The second kappa shape index (κ2) is 9.31. The Hall–Kier alpha value is -2.53. The van der Waals surface area contributed by atoms with E-state index >= 15 is 0 Å². The molecule has 7 nitrogen and oxygen atoms in total. The molecule has 31 heavy (non-hydrogen) atoms.